The second-order valence-corrected chi connectivity index (χ2v) is 5.60. The maximum Gasteiger partial charge on any atom is 0.0724 e. The zero-order valence-corrected chi connectivity index (χ0v) is 11.7. The van der Waals surface area contributed by atoms with Crippen LogP contribution in [-0.2, 0) is 22.3 Å². The molecule has 2 aliphatic rings. The Bertz CT molecular complexity index is 396. The first-order chi connectivity index (χ1) is 9.36. The first kappa shape index (κ1) is 13.1. The molecule has 3 rings (SSSR count). The van der Waals surface area contributed by atoms with Crippen LogP contribution in [0.1, 0.15) is 17.5 Å². The van der Waals surface area contributed by atoms with E-state index in [2.05, 4.69) is 29.2 Å². The minimum absolute atomic E-state index is 0.345. The van der Waals surface area contributed by atoms with E-state index < -0.39 is 0 Å². The third kappa shape index (κ3) is 2.99. The van der Waals surface area contributed by atoms with Crippen molar-refractivity contribution in [1.82, 2.24) is 4.90 Å². The van der Waals surface area contributed by atoms with E-state index in [4.69, 9.17) is 9.47 Å². The summed E-state index contributed by atoms with van der Waals surface area (Å²) in [5.41, 5.74) is 3.07. The maximum absolute atomic E-state index is 5.83. The lowest BCUT2D eigenvalue weighted by molar-refractivity contribution is -0.0526. The molecule has 1 aliphatic heterocycles. The summed E-state index contributed by atoms with van der Waals surface area (Å²) in [6, 6.07) is 9.53. The number of hydrogen-bond donors (Lipinski definition) is 0. The van der Waals surface area contributed by atoms with E-state index in [1.165, 1.54) is 24.0 Å². The van der Waals surface area contributed by atoms with Crippen molar-refractivity contribution in [2.24, 2.45) is 0 Å². The third-order valence-electron chi connectivity index (χ3n) is 4.36. The van der Waals surface area contributed by atoms with Crippen molar-refractivity contribution in [3.63, 3.8) is 0 Å². The molecule has 0 amide bonds. The van der Waals surface area contributed by atoms with Gasteiger partial charge in [0.25, 0.3) is 0 Å². The zero-order valence-electron chi connectivity index (χ0n) is 11.7. The van der Waals surface area contributed by atoms with Gasteiger partial charge in [0.2, 0.25) is 0 Å². The van der Waals surface area contributed by atoms with Crippen LogP contribution in [0.3, 0.4) is 0 Å². The normalized spacial score (nSPS) is 24.6. The minimum Gasteiger partial charge on any atom is -0.385 e. The number of rotatable bonds is 4. The van der Waals surface area contributed by atoms with Crippen molar-refractivity contribution in [3.8, 4) is 0 Å². The Morgan fingerprint density at radius 1 is 1.26 bits per heavy atom. The first-order valence-electron chi connectivity index (χ1n) is 7.28. The van der Waals surface area contributed by atoms with Crippen molar-refractivity contribution in [3.05, 3.63) is 35.4 Å². The van der Waals surface area contributed by atoms with E-state index >= 15 is 0 Å². The van der Waals surface area contributed by atoms with Gasteiger partial charge in [0.1, 0.15) is 0 Å². The van der Waals surface area contributed by atoms with Crippen molar-refractivity contribution in [2.45, 2.75) is 31.4 Å². The fourth-order valence-corrected chi connectivity index (χ4v) is 3.29. The highest BCUT2D eigenvalue weighted by atomic mass is 16.5. The number of morpholine rings is 1. The highest BCUT2D eigenvalue weighted by molar-refractivity contribution is 5.33. The predicted octanol–water partition coefficient (Wildman–Crippen LogP) is 1.89. The third-order valence-corrected chi connectivity index (χ3v) is 4.36. The summed E-state index contributed by atoms with van der Waals surface area (Å²) >= 11 is 0. The molecule has 1 saturated heterocycles. The van der Waals surface area contributed by atoms with Gasteiger partial charge in [0.05, 0.1) is 12.7 Å². The van der Waals surface area contributed by atoms with E-state index in [9.17, 15) is 0 Å². The van der Waals surface area contributed by atoms with E-state index in [1.807, 2.05) is 0 Å². The van der Waals surface area contributed by atoms with Crippen molar-refractivity contribution < 1.29 is 9.47 Å². The van der Waals surface area contributed by atoms with Crippen LogP contribution in [0.4, 0.5) is 0 Å². The summed E-state index contributed by atoms with van der Waals surface area (Å²) < 4.78 is 11.0. The van der Waals surface area contributed by atoms with Crippen LogP contribution in [0.25, 0.3) is 0 Å². The summed E-state index contributed by atoms with van der Waals surface area (Å²) in [6.07, 6.45) is 3.75. The molecule has 0 saturated carbocycles. The van der Waals surface area contributed by atoms with Gasteiger partial charge in [0, 0.05) is 32.8 Å². The lowest BCUT2D eigenvalue weighted by Gasteiger charge is -2.36. The van der Waals surface area contributed by atoms with Crippen LogP contribution >= 0.6 is 0 Å². The Balaban J connectivity index is 1.58. The second kappa shape index (κ2) is 6.04. The summed E-state index contributed by atoms with van der Waals surface area (Å²) in [5, 5.41) is 0. The van der Waals surface area contributed by atoms with Gasteiger partial charge in [-0.15, -0.1) is 0 Å². The van der Waals surface area contributed by atoms with Gasteiger partial charge < -0.3 is 9.47 Å². The minimum atomic E-state index is 0.345. The molecule has 0 N–H and O–H groups in total. The fourth-order valence-electron chi connectivity index (χ4n) is 3.29. The summed E-state index contributed by atoms with van der Waals surface area (Å²) in [5.74, 6) is 0. The molecule has 104 valence electrons. The Labute approximate surface area is 115 Å². The monoisotopic (exact) mass is 261 g/mol. The molecule has 1 aromatic rings. The van der Waals surface area contributed by atoms with Crippen LogP contribution in [-0.4, -0.2) is 50.5 Å². The van der Waals surface area contributed by atoms with Crippen LogP contribution in [0, 0.1) is 0 Å². The maximum atomic E-state index is 5.83. The molecule has 0 aromatic heterocycles. The zero-order chi connectivity index (χ0) is 13.1. The summed E-state index contributed by atoms with van der Waals surface area (Å²) in [7, 11) is 1.76. The Kier molecular flexibility index (Phi) is 4.16. The molecule has 0 spiro atoms. The van der Waals surface area contributed by atoms with Crippen LogP contribution < -0.4 is 0 Å². The van der Waals surface area contributed by atoms with Gasteiger partial charge in [-0.05, 0) is 30.4 Å². The molecule has 1 fully saturated rings. The molecule has 0 unspecified atom stereocenters. The van der Waals surface area contributed by atoms with E-state index in [-0.39, 0.29) is 0 Å². The molecule has 1 atom stereocenters. The lowest BCUT2D eigenvalue weighted by Crippen LogP contribution is -2.48. The van der Waals surface area contributed by atoms with Crippen LogP contribution in [0.2, 0.25) is 0 Å². The SMILES string of the molecule is COCC[C@H]1CN(C2Cc3ccccc3C2)CCO1. The van der Waals surface area contributed by atoms with E-state index in [0.717, 1.165) is 32.7 Å². The summed E-state index contributed by atoms with van der Waals surface area (Å²) in [6.45, 7) is 3.79. The second-order valence-electron chi connectivity index (χ2n) is 5.60. The average molecular weight is 261 g/mol. The number of ether oxygens (including phenoxy) is 2. The fraction of sp³-hybridized carbons (Fsp3) is 0.625. The number of fused-ring (bicyclic) bond motifs is 1. The van der Waals surface area contributed by atoms with E-state index in [1.54, 1.807) is 7.11 Å². The predicted molar refractivity (Wildman–Crippen MR) is 75.4 cm³/mol. The molecule has 3 heteroatoms. The van der Waals surface area contributed by atoms with Gasteiger partial charge in [-0.25, -0.2) is 0 Å². The number of hydrogen-bond acceptors (Lipinski definition) is 3. The molecule has 1 aromatic carbocycles. The van der Waals surface area contributed by atoms with Gasteiger partial charge in [-0.1, -0.05) is 24.3 Å². The van der Waals surface area contributed by atoms with Gasteiger partial charge >= 0.3 is 0 Å². The number of methoxy groups -OCH3 is 1. The molecule has 19 heavy (non-hydrogen) atoms. The van der Waals surface area contributed by atoms with Gasteiger partial charge in [-0.3, -0.25) is 4.90 Å². The number of benzene rings is 1. The molecule has 0 radical (unpaired) electrons. The van der Waals surface area contributed by atoms with Crippen molar-refractivity contribution in [1.29, 1.82) is 0 Å². The van der Waals surface area contributed by atoms with E-state index in [0.29, 0.717) is 12.1 Å². The molecular weight excluding hydrogens is 238 g/mol. The Hall–Kier alpha value is -0.900. The van der Waals surface area contributed by atoms with Gasteiger partial charge in [-0.2, -0.15) is 0 Å². The van der Waals surface area contributed by atoms with Crippen molar-refractivity contribution in [2.75, 3.05) is 33.4 Å². The molecule has 0 bridgehead atoms. The van der Waals surface area contributed by atoms with Crippen LogP contribution in [0.15, 0.2) is 24.3 Å². The number of nitrogens with zero attached hydrogens (tertiary/aromatic N) is 1. The van der Waals surface area contributed by atoms with Gasteiger partial charge in [0.15, 0.2) is 0 Å². The quantitative estimate of drug-likeness (QED) is 0.826. The summed E-state index contributed by atoms with van der Waals surface area (Å²) in [4.78, 5) is 2.61. The first-order valence-corrected chi connectivity index (χ1v) is 7.28. The molecule has 1 aliphatic carbocycles. The highest BCUT2D eigenvalue weighted by Crippen LogP contribution is 2.26. The lowest BCUT2D eigenvalue weighted by atomic mass is 10.1. The molecule has 3 nitrogen and oxygen atoms in total. The smallest absolute Gasteiger partial charge is 0.0724 e. The van der Waals surface area contributed by atoms with Crippen LogP contribution in [0.5, 0.6) is 0 Å². The average Bonchev–Trinajstić information content (AvgIpc) is 2.89. The largest absolute Gasteiger partial charge is 0.385 e. The Morgan fingerprint density at radius 3 is 2.68 bits per heavy atom. The molecule has 1 heterocycles. The standard InChI is InChI=1S/C16H23NO2/c1-18-8-6-16-12-17(7-9-19-16)15-10-13-4-2-3-5-14(13)11-15/h2-5,15-16H,6-12H2,1H3/t16-/m0/s1. The highest BCUT2D eigenvalue weighted by Gasteiger charge is 2.30. The topological polar surface area (TPSA) is 21.7 Å². The Morgan fingerprint density at radius 2 is 2.00 bits per heavy atom. The molecular formula is C16H23NO2. The van der Waals surface area contributed by atoms with Crippen molar-refractivity contribution >= 4 is 0 Å².